The summed E-state index contributed by atoms with van der Waals surface area (Å²) in [5.41, 5.74) is 13.5. The molecule has 0 bridgehead atoms. The SMILES string of the molecule is CCC/C=C1/C=CC=C/C(=C/N)C1(C)N. The highest BCUT2D eigenvalue weighted by Gasteiger charge is 2.26. The Morgan fingerprint density at radius 2 is 1.87 bits per heavy atom. The van der Waals surface area contributed by atoms with Crippen molar-refractivity contribution in [3.63, 3.8) is 0 Å². The van der Waals surface area contributed by atoms with Crippen LogP contribution in [0.1, 0.15) is 26.7 Å². The predicted molar refractivity (Wildman–Crippen MR) is 66.1 cm³/mol. The molecule has 1 atom stereocenters. The summed E-state index contributed by atoms with van der Waals surface area (Å²) in [5, 5.41) is 0. The Bertz CT molecular complexity index is 330. The molecule has 0 aromatic rings. The average molecular weight is 204 g/mol. The summed E-state index contributed by atoms with van der Waals surface area (Å²) in [6, 6.07) is 0. The van der Waals surface area contributed by atoms with Gasteiger partial charge in [0, 0.05) is 0 Å². The molecular weight excluding hydrogens is 184 g/mol. The number of nitrogens with two attached hydrogens (primary N) is 2. The van der Waals surface area contributed by atoms with E-state index in [2.05, 4.69) is 19.1 Å². The van der Waals surface area contributed by atoms with E-state index in [0.29, 0.717) is 0 Å². The number of hydrogen-bond acceptors (Lipinski definition) is 2. The van der Waals surface area contributed by atoms with Crippen LogP contribution in [0.2, 0.25) is 0 Å². The molecule has 1 unspecified atom stereocenters. The molecule has 0 aliphatic heterocycles. The fraction of sp³-hybridized carbons (Fsp3) is 0.385. The first-order valence-electron chi connectivity index (χ1n) is 5.39. The monoisotopic (exact) mass is 204 g/mol. The van der Waals surface area contributed by atoms with Gasteiger partial charge in [0.15, 0.2) is 0 Å². The minimum Gasteiger partial charge on any atom is -0.404 e. The van der Waals surface area contributed by atoms with Crippen molar-refractivity contribution in [2.24, 2.45) is 11.5 Å². The second kappa shape index (κ2) is 4.99. The van der Waals surface area contributed by atoms with Gasteiger partial charge in [0.1, 0.15) is 0 Å². The van der Waals surface area contributed by atoms with Crippen molar-refractivity contribution in [3.8, 4) is 0 Å². The Hall–Kier alpha value is -1.28. The number of unbranched alkanes of at least 4 members (excludes halogenated alkanes) is 1. The van der Waals surface area contributed by atoms with E-state index in [1.807, 2.05) is 25.2 Å². The molecule has 4 N–H and O–H groups in total. The summed E-state index contributed by atoms with van der Waals surface area (Å²) < 4.78 is 0. The number of rotatable bonds is 2. The molecule has 0 heterocycles. The highest BCUT2D eigenvalue weighted by molar-refractivity contribution is 5.48. The Kier molecular flexibility index (Phi) is 3.92. The van der Waals surface area contributed by atoms with Crippen LogP contribution in [0.15, 0.2) is 47.7 Å². The number of allylic oxidation sites excluding steroid dienone is 3. The normalized spacial score (nSPS) is 31.1. The van der Waals surface area contributed by atoms with E-state index in [1.54, 1.807) is 6.20 Å². The van der Waals surface area contributed by atoms with Crippen molar-refractivity contribution in [2.75, 3.05) is 0 Å². The van der Waals surface area contributed by atoms with Crippen LogP contribution >= 0.6 is 0 Å². The molecule has 0 saturated carbocycles. The fourth-order valence-electron chi connectivity index (χ4n) is 1.64. The Morgan fingerprint density at radius 3 is 2.40 bits per heavy atom. The minimum atomic E-state index is -0.479. The van der Waals surface area contributed by atoms with Gasteiger partial charge in [0.25, 0.3) is 0 Å². The molecule has 0 aromatic carbocycles. The third-order valence-electron chi connectivity index (χ3n) is 2.69. The van der Waals surface area contributed by atoms with Crippen LogP contribution in [0.25, 0.3) is 0 Å². The zero-order valence-electron chi connectivity index (χ0n) is 9.53. The van der Waals surface area contributed by atoms with E-state index in [4.69, 9.17) is 11.5 Å². The van der Waals surface area contributed by atoms with Crippen LogP contribution in [0.3, 0.4) is 0 Å². The third kappa shape index (κ3) is 2.60. The Morgan fingerprint density at radius 1 is 1.27 bits per heavy atom. The largest absolute Gasteiger partial charge is 0.404 e. The van der Waals surface area contributed by atoms with Crippen molar-refractivity contribution in [2.45, 2.75) is 32.2 Å². The molecule has 0 amide bonds. The van der Waals surface area contributed by atoms with Crippen molar-refractivity contribution in [1.29, 1.82) is 0 Å². The lowest BCUT2D eigenvalue weighted by molar-refractivity contribution is 0.667. The molecule has 0 radical (unpaired) electrons. The maximum absolute atomic E-state index is 6.30. The summed E-state index contributed by atoms with van der Waals surface area (Å²) in [7, 11) is 0. The van der Waals surface area contributed by atoms with Gasteiger partial charge in [0.2, 0.25) is 0 Å². The first-order chi connectivity index (χ1) is 7.12. The van der Waals surface area contributed by atoms with E-state index in [0.717, 1.165) is 24.0 Å². The molecule has 0 fully saturated rings. The number of hydrogen-bond donors (Lipinski definition) is 2. The first-order valence-corrected chi connectivity index (χ1v) is 5.39. The van der Waals surface area contributed by atoms with Crippen LogP contribution in [0.5, 0.6) is 0 Å². The highest BCUT2D eigenvalue weighted by atomic mass is 14.7. The molecule has 2 nitrogen and oxygen atoms in total. The molecule has 0 spiro atoms. The Balaban J connectivity index is 3.07. The lowest BCUT2D eigenvalue weighted by atomic mass is 9.85. The lowest BCUT2D eigenvalue weighted by Gasteiger charge is -2.27. The maximum atomic E-state index is 6.30. The molecule has 0 aromatic heterocycles. The summed E-state index contributed by atoms with van der Waals surface area (Å²) in [5.74, 6) is 0. The van der Waals surface area contributed by atoms with Crippen molar-refractivity contribution in [3.05, 3.63) is 47.7 Å². The first kappa shape index (κ1) is 11.8. The second-order valence-electron chi connectivity index (χ2n) is 3.99. The van der Waals surface area contributed by atoms with Gasteiger partial charge in [-0.1, -0.05) is 43.7 Å². The van der Waals surface area contributed by atoms with E-state index in [1.165, 1.54) is 0 Å². The van der Waals surface area contributed by atoms with Crippen LogP contribution in [0.4, 0.5) is 0 Å². The lowest BCUT2D eigenvalue weighted by Crippen LogP contribution is -2.39. The van der Waals surface area contributed by atoms with Gasteiger partial charge in [-0.05, 0) is 30.7 Å². The fourth-order valence-corrected chi connectivity index (χ4v) is 1.64. The van der Waals surface area contributed by atoms with Gasteiger partial charge in [-0.15, -0.1) is 0 Å². The van der Waals surface area contributed by atoms with Gasteiger partial charge in [-0.3, -0.25) is 0 Å². The molecule has 1 aliphatic rings. The maximum Gasteiger partial charge on any atom is 0.0647 e. The van der Waals surface area contributed by atoms with Crippen LogP contribution in [0, 0.1) is 0 Å². The van der Waals surface area contributed by atoms with Gasteiger partial charge >= 0.3 is 0 Å². The van der Waals surface area contributed by atoms with E-state index in [-0.39, 0.29) is 0 Å². The third-order valence-corrected chi connectivity index (χ3v) is 2.69. The van der Waals surface area contributed by atoms with Crippen molar-refractivity contribution < 1.29 is 0 Å². The Labute approximate surface area is 92.0 Å². The zero-order chi connectivity index (χ0) is 11.3. The minimum absolute atomic E-state index is 0.479. The predicted octanol–water partition coefficient (Wildman–Crippen LogP) is 2.40. The smallest absolute Gasteiger partial charge is 0.0647 e. The summed E-state index contributed by atoms with van der Waals surface area (Å²) >= 11 is 0. The molecule has 1 rings (SSSR count). The van der Waals surface area contributed by atoms with Crippen molar-refractivity contribution in [1.82, 2.24) is 0 Å². The highest BCUT2D eigenvalue weighted by Crippen LogP contribution is 2.27. The van der Waals surface area contributed by atoms with Crippen molar-refractivity contribution >= 4 is 0 Å². The van der Waals surface area contributed by atoms with Gasteiger partial charge in [0.05, 0.1) is 5.54 Å². The summed E-state index contributed by atoms with van der Waals surface area (Å²) in [6.07, 6.45) is 13.9. The zero-order valence-corrected chi connectivity index (χ0v) is 9.53. The molecule has 82 valence electrons. The van der Waals surface area contributed by atoms with Crippen LogP contribution in [-0.2, 0) is 0 Å². The van der Waals surface area contributed by atoms with Crippen LogP contribution < -0.4 is 11.5 Å². The summed E-state index contributed by atoms with van der Waals surface area (Å²) in [4.78, 5) is 0. The summed E-state index contributed by atoms with van der Waals surface area (Å²) in [6.45, 7) is 4.15. The van der Waals surface area contributed by atoms with E-state index >= 15 is 0 Å². The van der Waals surface area contributed by atoms with E-state index < -0.39 is 5.54 Å². The molecule has 15 heavy (non-hydrogen) atoms. The topological polar surface area (TPSA) is 52.0 Å². The molecular formula is C13H20N2. The van der Waals surface area contributed by atoms with Gasteiger partial charge in [-0.2, -0.15) is 0 Å². The van der Waals surface area contributed by atoms with E-state index in [9.17, 15) is 0 Å². The average Bonchev–Trinajstić information content (AvgIpc) is 2.34. The van der Waals surface area contributed by atoms with Gasteiger partial charge in [-0.25, -0.2) is 0 Å². The molecule has 2 heteroatoms. The molecule has 1 aliphatic carbocycles. The quantitative estimate of drug-likeness (QED) is 0.725. The second-order valence-corrected chi connectivity index (χ2v) is 3.99. The molecule has 0 saturated heterocycles. The van der Waals surface area contributed by atoms with Crippen LogP contribution in [-0.4, -0.2) is 5.54 Å². The van der Waals surface area contributed by atoms with Gasteiger partial charge < -0.3 is 11.5 Å². The standard InChI is InChI=1S/C13H20N2/c1-3-4-7-11-8-5-6-9-12(10-14)13(11,2)15/h5-10H,3-4,14-15H2,1-2H3/b11-7-,12-10-.